The number of methoxy groups -OCH3 is 1. The van der Waals surface area contributed by atoms with E-state index in [0.717, 1.165) is 0 Å². The minimum Gasteiger partial charge on any atom is -0.478 e. The van der Waals surface area contributed by atoms with Crippen LogP contribution in [0.15, 0.2) is 24.3 Å². The van der Waals surface area contributed by atoms with Gasteiger partial charge in [0.15, 0.2) is 0 Å². The minimum atomic E-state index is -1.01. The molecule has 1 aliphatic carbocycles. The van der Waals surface area contributed by atoms with Crippen molar-refractivity contribution in [3.8, 4) is 0 Å². The lowest BCUT2D eigenvalue weighted by Crippen LogP contribution is -2.61. The van der Waals surface area contributed by atoms with E-state index in [1.807, 2.05) is 6.92 Å². The third-order valence-corrected chi connectivity index (χ3v) is 3.61. The lowest BCUT2D eigenvalue weighted by molar-refractivity contribution is -0.128. The second kappa shape index (κ2) is 6.69. The summed E-state index contributed by atoms with van der Waals surface area (Å²) in [4.78, 5) is 22.9. The van der Waals surface area contributed by atoms with Gasteiger partial charge in [-0.05, 0) is 37.6 Å². The van der Waals surface area contributed by atoms with E-state index in [1.165, 1.54) is 24.3 Å². The van der Waals surface area contributed by atoms with Crippen LogP contribution >= 0.6 is 0 Å². The number of amides is 1. The Morgan fingerprint density at radius 3 is 2.43 bits per heavy atom. The third kappa shape index (κ3) is 3.40. The Bertz CT molecular complexity index is 513. The van der Waals surface area contributed by atoms with Crippen molar-refractivity contribution < 1.29 is 24.2 Å². The molecule has 0 aliphatic heterocycles. The third-order valence-electron chi connectivity index (χ3n) is 3.61. The zero-order chi connectivity index (χ0) is 15.4. The van der Waals surface area contributed by atoms with E-state index in [-0.39, 0.29) is 29.7 Å². The summed E-state index contributed by atoms with van der Waals surface area (Å²) in [5.74, 6) is -1.26. The maximum atomic E-state index is 12.1. The number of rotatable bonds is 6. The zero-order valence-corrected chi connectivity index (χ0v) is 12.0. The molecule has 21 heavy (non-hydrogen) atoms. The molecule has 1 amide bonds. The van der Waals surface area contributed by atoms with Gasteiger partial charge >= 0.3 is 5.97 Å². The van der Waals surface area contributed by atoms with Crippen LogP contribution in [0.1, 0.15) is 34.1 Å². The van der Waals surface area contributed by atoms with E-state index in [9.17, 15) is 9.59 Å². The Morgan fingerprint density at radius 1 is 1.29 bits per heavy atom. The predicted octanol–water partition coefficient (Wildman–Crippen LogP) is 1.31. The van der Waals surface area contributed by atoms with Gasteiger partial charge in [-0.15, -0.1) is 0 Å². The molecule has 1 fully saturated rings. The molecular formula is C15H19NO5. The van der Waals surface area contributed by atoms with E-state index in [2.05, 4.69) is 5.32 Å². The molecule has 1 saturated carbocycles. The Morgan fingerprint density at radius 2 is 1.90 bits per heavy atom. The van der Waals surface area contributed by atoms with Crippen molar-refractivity contribution in [3.05, 3.63) is 35.4 Å². The van der Waals surface area contributed by atoms with Gasteiger partial charge in [0.05, 0.1) is 17.7 Å². The fourth-order valence-corrected chi connectivity index (χ4v) is 2.43. The van der Waals surface area contributed by atoms with E-state index >= 15 is 0 Å². The number of carbonyl (C=O) groups is 2. The first-order valence-electron chi connectivity index (χ1n) is 6.85. The van der Waals surface area contributed by atoms with Gasteiger partial charge < -0.3 is 19.9 Å². The van der Waals surface area contributed by atoms with Crippen molar-refractivity contribution in [1.29, 1.82) is 0 Å². The normalized spacial score (nSPS) is 24.2. The summed E-state index contributed by atoms with van der Waals surface area (Å²) in [6, 6.07) is 5.74. The molecule has 1 aromatic carbocycles. The smallest absolute Gasteiger partial charge is 0.335 e. The maximum absolute atomic E-state index is 12.1. The van der Waals surface area contributed by atoms with Crippen LogP contribution in [-0.4, -0.2) is 48.9 Å². The standard InChI is InChI=1S/C15H19NO5/c1-3-21-12-8-11(13(12)20-2)16-14(17)9-4-6-10(7-5-9)15(18)19/h4-7,11-13H,3,8H2,1-2H3,(H,16,17)(H,18,19). The SMILES string of the molecule is CCOC1CC(NC(=O)c2ccc(C(=O)O)cc2)C1OC. The van der Waals surface area contributed by atoms with E-state index in [0.29, 0.717) is 18.6 Å². The molecule has 0 spiro atoms. The summed E-state index contributed by atoms with van der Waals surface area (Å²) in [5, 5.41) is 11.7. The van der Waals surface area contributed by atoms with Crippen LogP contribution in [0, 0.1) is 0 Å². The van der Waals surface area contributed by atoms with E-state index in [1.54, 1.807) is 7.11 Å². The average molecular weight is 293 g/mol. The molecule has 0 saturated heterocycles. The highest BCUT2D eigenvalue weighted by atomic mass is 16.5. The molecule has 3 unspecified atom stereocenters. The topological polar surface area (TPSA) is 84.9 Å². The van der Waals surface area contributed by atoms with Gasteiger partial charge in [-0.25, -0.2) is 4.79 Å². The summed E-state index contributed by atoms with van der Waals surface area (Å²) >= 11 is 0. The number of hydrogen-bond donors (Lipinski definition) is 2. The Balaban J connectivity index is 1.94. The van der Waals surface area contributed by atoms with Crippen molar-refractivity contribution in [1.82, 2.24) is 5.32 Å². The molecule has 114 valence electrons. The van der Waals surface area contributed by atoms with Gasteiger partial charge in [0.2, 0.25) is 0 Å². The van der Waals surface area contributed by atoms with Crippen LogP contribution in [-0.2, 0) is 9.47 Å². The molecule has 0 heterocycles. The van der Waals surface area contributed by atoms with Crippen molar-refractivity contribution in [2.24, 2.45) is 0 Å². The molecule has 1 aromatic rings. The lowest BCUT2D eigenvalue weighted by atomic mass is 9.85. The molecule has 3 atom stereocenters. The van der Waals surface area contributed by atoms with Crippen LogP contribution in [0.2, 0.25) is 0 Å². The predicted molar refractivity (Wildman–Crippen MR) is 75.5 cm³/mol. The monoisotopic (exact) mass is 293 g/mol. The first-order chi connectivity index (χ1) is 10.1. The summed E-state index contributed by atoms with van der Waals surface area (Å²) in [6.45, 7) is 2.53. The van der Waals surface area contributed by atoms with Gasteiger partial charge in [0, 0.05) is 19.3 Å². The summed E-state index contributed by atoms with van der Waals surface area (Å²) < 4.78 is 10.8. The van der Waals surface area contributed by atoms with Crippen LogP contribution in [0.3, 0.4) is 0 Å². The number of aromatic carboxylic acids is 1. The van der Waals surface area contributed by atoms with Crippen LogP contribution in [0.4, 0.5) is 0 Å². The fraction of sp³-hybridized carbons (Fsp3) is 0.467. The average Bonchev–Trinajstić information content (AvgIpc) is 2.46. The van der Waals surface area contributed by atoms with E-state index < -0.39 is 5.97 Å². The summed E-state index contributed by atoms with van der Waals surface area (Å²) in [7, 11) is 1.59. The highest BCUT2D eigenvalue weighted by Gasteiger charge is 2.43. The molecule has 2 N–H and O–H groups in total. The maximum Gasteiger partial charge on any atom is 0.335 e. The van der Waals surface area contributed by atoms with Gasteiger partial charge in [-0.3, -0.25) is 4.79 Å². The van der Waals surface area contributed by atoms with Gasteiger partial charge in [-0.1, -0.05) is 0 Å². The second-order valence-electron chi connectivity index (χ2n) is 4.89. The van der Waals surface area contributed by atoms with Crippen molar-refractivity contribution in [2.75, 3.05) is 13.7 Å². The highest BCUT2D eigenvalue weighted by Crippen LogP contribution is 2.27. The van der Waals surface area contributed by atoms with Crippen molar-refractivity contribution in [2.45, 2.75) is 31.6 Å². The molecule has 0 radical (unpaired) electrons. The number of benzene rings is 1. The number of carbonyl (C=O) groups excluding carboxylic acids is 1. The number of carboxylic acid groups (broad SMARTS) is 1. The van der Waals surface area contributed by atoms with Gasteiger partial charge in [0.1, 0.15) is 6.10 Å². The number of nitrogens with one attached hydrogen (secondary N) is 1. The Labute approximate surface area is 123 Å². The minimum absolute atomic E-state index is 0.0136. The molecular weight excluding hydrogens is 274 g/mol. The molecule has 6 nitrogen and oxygen atoms in total. The molecule has 2 rings (SSSR count). The van der Waals surface area contributed by atoms with Crippen molar-refractivity contribution >= 4 is 11.9 Å². The van der Waals surface area contributed by atoms with Crippen LogP contribution in [0.25, 0.3) is 0 Å². The Kier molecular flexibility index (Phi) is 4.93. The number of hydrogen-bond acceptors (Lipinski definition) is 4. The summed E-state index contributed by atoms with van der Waals surface area (Å²) in [5.41, 5.74) is 0.580. The molecule has 0 aromatic heterocycles. The first-order valence-corrected chi connectivity index (χ1v) is 6.85. The first kappa shape index (κ1) is 15.5. The summed E-state index contributed by atoms with van der Waals surface area (Å²) in [6.07, 6.45) is 0.581. The van der Waals surface area contributed by atoms with Gasteiger partial charge in [-0.2, -0.15) is 0 Å². The largest absolute Gasteiger partial charge is 0.478 e. The molecule has 6 heteroatoms. The zero-order valence-electron chi connectivity index (χ0n) is 12.0. The molecule has 1 aliphatic rings. The molecule has 0 bridgehead atoms. The fourth-order valence-electron chi connectivity index (χ4n) is 2.43. The number of ether oxygens (including phenoxy) is 2. The van der Waals surface area contributed by atoms with Crippen molar-refractivity contribution in [3.63, 3.8) is 0 Å². The van der Waals surface area contributed by atoms with Crippen LogP contribution < -0.4 is 5.32 Å². The van der Waals surface area contributed by atoms with E-state index in [4.69, 9.17) is 14.6 Å². The quantitative estimate of drug-likeness (QED) is 0.826. The van der Waals surface area contributed by atoms with Gasteiger partial charge in [0.25, 0.3) is 5.91 Å². The Hall–Kier alpha value is -1.92. The lowest BCUT2D eigenvalue weighted by Gasteiger charge is -2.43. The second-order valence-corrected chi connectivity index (χ2v) is 4.89. The number of carboxylic acids is 1. The highest BCUT2D eigenvalue weighted by molar-refractivity contribution is 5.96. The van der Waals surface area contributed by atoms with Crippen LogP contribution in [0.5, 0.6) is 0 Å².